The Balaban J connectivity index is 2.68. The number of nitrogens with zero attached hydrogens (tertiary/aromatic N) is 2. The lowest BCUT2D eigenvalue weighted by atomic mass is 10.2. The average molecular weight is 237 g/mol. The summed E-state index contributed by atoms with van der Waals surface area (Å²) in [6.07, 6.45) is 1.59. The molecule has 1 unspecified atom stereocenters. The van der Waals surface area contributed by atoms with Gasteiger partial charge >= 0.3 is 5.97 Å². The zero-order valence-corrected chi connectivity index (χ0v) is 10.7. The number of anilines is 1. The zero-order chi connectivity index (χ0) is 12.8. The van der Waals surface area contributed by atoms with Gasteiger partial charge in [0.15, 0.2) is 0 Å². The highest BCUT2D eigenvalue weighted by atomic mass is 16.5. The van der Waals surface area contributed by atoms with Gasteiger partial charge in [-0.2, -0.15) is 0 Å². The van der Waals surface area contributed by atoms with Crippen LogP contribution >= 0.6 is 0 Å². The van der Waals surface area contributed by atoms with E-state index in [0.717, 1.165) is 12.2 Å². The maximum atomic E-state index is 11.3. The van der Waals surface area contributed by atoms with Gasteiger partial charge < -0.3 is 15.0 Å². The first-order chi connectivity index (χ1) is 8.02. The number of likely N-dealkylation sites (N-methyl/N-ethyl adjacent to an activating group) is 1. The Morgan fingerprint density at radius 2 is 2.29 bits per heavy atom. The summed E-state index contributed by atoms with van der Waals surface area (Å²) in [5.74, 6) is -0.422. The number of carbonyl (C=O) groups excluding carboxylic acids is 1. The molecule has 0 spiro atoms. The lowest BCUT2D eigenvalue weighted by Gasteiger charge is -2.19. The van der Waals surface area contributed by atoms with Gasteiger partial charge in [0.1, 0.15) is 5.69 Å². The van der Waals surface area contributed by atoms with Crippen LogP contribution in [0.15, 0.2) is 18.3 Å². The van der Waals surface area contributed by atoms with Gasteiger partial charge in [-0.15, -0.1) is 0 Å². The van der Waals surface area contributed by atoms with E-state index in [9.17, 15) is 4.79 Å². The topological polar surface area (TPSA) is 54.5 Å². The third-order valence-corrected chi connectivity index (χ3v) is 2.21. The largest absolute Gasteiger partial charge is 0.464 e. The van der Waals surface area contributed by atoms with Crippen LogP contribution in [0.25, 0.3) is 0 Å². The Morgan fingerprint density at radius 1 is 1.59 bits per heavy atom. The number of hydrogen-bond acceptors (Lipinski definition) is 5. The molecule has 17 heavy (non-hydrogen) atoms. The molecule has 0 radical (unpaired) electrons. The molecule has 0 aliphatic carbocycles. The molecule has 0 fully saturated rings. The Bertz CT molecular complexity index is 380. The summed E-state index contributed by atoms with van der Waals surface area (Å²) in [6, 6.07) is 3.81. The fourth-order valence-electron chi connectivity index (χ4n) is 1.61. The van der Waals surface area contributed by atoms with Crippen LogP contribution in [0.5, 0.6) is 0 Å². The highest BCUT2D eigenvalue weighted by molar-refractivity contribution is 5.88. The Kier molecular flexibility index (Phi) is 4.90. The molecule has 1 aromatic heterocycles. The van der Waals surface area contributed by atoms with E-state index in [1.807, 2.05) is 20.2 Å². The zero-order valence-electron chi connectivity index (χ0n) is 10.7. The molecule has 1 aromatic rings. The number of rotatable bonds is 5. The van der Waals surface area contributed by atoms with Crippen molar-refractivity contribution in [1.82, 2.24) is 9.88 Å². The third kappa shape index (κ3) is 4.40. The van der Waals surface area contributed by atoms with Crippen molar-refractivity contribution in [3.05, 3.63) is 24.0 Å². The van der Waals surface area contributed by atoms with Gasteiger partial charge in [0.2, 0.25) is 0 Å². The van der Waals surface area contributed by atoms with Crippen LogP contribution in [0.4, 0.5) is 5.69 Å². The van der Waals surface area contributed by atoms with Crippen LogP contribution in [0, 0.1) is 0 Å². The van der Waals surface area contributed by atoms with Crippen molar-refractivity contribution in [3.8, 4) is 0 Å². The molecule has 1 rings (SSSR count). The molecule has 0 aliphatic heterocycles. The SMILES string of the molecule is COC(=O)c1cc(NC(C)CN(C)C)ccn1. The number of hydrogen-bond donors (Lipinski definition) is 1. The molecular formula is C12H19N3O2. The highest BCUT2D eigenvalue weighted by Crippen LogP contribution is 2.10. The first kappa shape index (κ1) is 13.4. The van der Waals surface area contributed by atoms with Gasteiger partial charge in [-0.05, 0) is 33.2 Å². The number of ether oxygens (including phenoxy) is 1. The smallest absolute Gasteiger partial charge is 0.356 e. The predicted octanol–water partition coefficient (Wildman–Crippen LogP) is 1.23. The number of methoxy groups -OCH3 is 1. The number of pyridine rings is 1. The van der Waals surface area contributed by atoms with Crippen molar-refractivity contribution in [2.45, 2.75) is 13.0 Å². The van der Waals surface area contributed by atoms with E-state index in [1.165, 1.54) is 7.11 Å². The summed E-state index contributed by atoms with van der Waals surface area (Å²) < 4.78 is 4.62. The van der Waals surface area contributed by atoms with E-state index >= 15 is 0 Å². The fourth-order valence-corrected chi connectivity index (χ4v) is 1.61. The Morgan fingerprint density at radius 3 is 2.88 bits per heavy atom. The monoisotopic (exact) mass is 237 g/mol. The van der Waals surface area contributed by atoms with E-state index in [1.54, 1.807) is 12.3 Å². The van der Waals surface area contributed by atoms with Gasteiger partial charge in [-0.3, -0.25) is 0 Å². The molecule has 94 valence electrons. The molecule has 0 saturated carbocycles. The summed E-state index contributed by atoms with van der Waals surface area (Å²) in [6.45, 7) is 2.99. The van der Waals surface area contributed by atoms with E-state index in [-0.39, 0.29) is 6.04 Å². The molecule has 5 heteroatoms. The van der Waals surface area contributed by atoms with Crippen molar-refractivity contribution in [1.29, 1.82) is 0 Å². The van der Waals surface area contributed by atoms with Crippen LogP contribution in [0.1, 0.15) is 17.4 Å². The van der Waals surface area contributed by atoms with E-state index in [0.29, 0.717) is 5.69 Å². The second kappa shape index (κ2) is 6.20. The summed E-state index contributed by atoms with van der Waals surface area (Å²) >= 11 is 0. The molecule has 5 nitrogen and oxygen atoms in total. The van der Waals surface area contributed by atoms with Crippen molar-refractivity contribution in [2.24, 2.45) is 0 Å². The minimum Gasteiger partial charge on any atom is -0.464 e. The molecule has 0 aliphatic rings. The molecular weight excluding hydrogens is 218 g/mol. The molecule has 0 bridgehead atoms. The van der Waals surface area contributed by atoms with Crippen LogP contribution < -0.4 is 5.32 Å². The first-order valence-corrected chi connectivity index (χ1v) is 5.48. The van der Waals surface area contributed by atoms with Crippen LogP contribution in [0.3, 0.4) is 0 Å². The van der Waals surface area contributed by atoms with Crippen molar-refractivity contribution in [2.75, 3.05) is 33.1 Å². The summed E-state index contributed by atoms with van der Waals surface area (Å²) in [4.78, 5) is 17.4. The summed E-state index contributed by atoms with van der Waals surface area (Å²) in [5, 5.41) is 3.30. The van der Waals surface area contributed by atoms with Crippen molar-refractivity contribution < 1.29 is 9.53 Å². The number of esters is 1. The van der Waals surface area contributed by atoms with Gasteiger partial charge in [0, 0.05) is 24.5 Å². The van der Waals surface area contributed by atoms with Crippen LogP contribution in [-0.4, -0.2) is 49.6 Å². The molecule has 0 saturated heterocycles. The predicted molar refractivity (Wildman–Crippen MR) is 67.2 cm³/mol. The summed E-state index contributed by atoms with van der Waals surface area (Å²) in [7, 11) is 5.38. The molecule has 1 atom stereocenters. The van der Waals surface area contributed by atoms with E-state index in [4.69, 9.17) is 0 Å². The van der Waals surface area contributed by atoms with Crippen molar-refractivity contribution in [3.63, 3.8) is 0 Å². The van der Waals surface area contributed by atoms with Gasteiger partial charge in [-0.25, -0.2) is 9.78 Å². The van der Waals surface area contributed by atoms with Crippen LogP contribution in [0.2, 0.25) is 0 Å². The second-order valence-electron chi connectivity index (χ2n) is 4.23. The normalized spacial score (nSPS) is 12.3. The number of aromatic nitrogens is 1. The van der Waals surface area contributed by atoms with E-state index < -0.39 is 5.97 Å². The molecule has 0 aromatic carbocycles. The minimum absolute atomic E-state index is 0.290. The maximum absolute atomic E-state index is 11.3. The molecule has 1 heterocycles. The molecule has 1 N–H and O–H groups in total. The van der Waals surface area contributed by atoms with Crippen molar-refractivity contribution >= 4 is 11.7 Å². The Hall–Kier alpha value is -1.62. The maximum Gasteiger partial charge on any atom is 0.356 e. The fraction of sp³-hybridized carbons (Fsp3) is 0.500. The lowest BCUT2D eigenvalue weighted by Crippen LogP contribution is -2.29. The van der Waals surface area contributed by atoms with E-state index in [2.05, 4.69) is 26.9 Å². The quantitative estimate of drug-likeness (QED) is 0.781. The minimum atomic E-state index is -0.422. The number of carbonyl (C=O) groups is 1. The third-order valence-electron chi connectivity index (χ3n) is 2.21. The second-order valence-corrected chi connectivity index (χ2v) is 4.23. The molecule has 0 amide bonds. The van der Waals surface area contributed by atoms with Gasteiger partial charge in [0.25, 0.3) is 0 Å². The van der Waals surface area contributed by atoms with Crippen LogP contribution in [-0.2, 0) is 4.74 Å². The average Bonchev–Trinajstić information content (AvgIpc) is 2.27. The van der Waals surface area contributed by atoms with Gasteiger partial charge in [-0.1, -0.05) is 0 Å². The lowest BCUT2D eigenvalue weighted by molar-refractivity contribution is 0.0594. The first-order valence-electron chi connectivity index (χ1n) is 5.48. The highest BCUT2D eigenvalue weighted by Gasteiger charge is 2.09. The summed E-state index contributed by atoms with van der Waals surface area (Å²) in [5.41, 5.74) is 1.18. The Labute approximate surface area is 102 Å². The number of nitrogens with one attached hydrogen (secondary N) is 1. The standard InChI is InChI=1S/C12H19N3O2/c1-9(8-15(2)3)14-10-5-6-13-11(7-10)12(16)17-4/h5-7,9H,8H2,1-4H3,(H,13,14). The van der Waals surface area contributed by atoms with Gasteiger partial charge in [0.05, 0.1) is 7.11 Å².